The van der Waals surface area contributed by atoms with Gasteiger partial charge in [0.15, 0.2) is 0 Å². The molecular formula is C13H21N3O2. The van der Waals surface area contributed by atoms with Crippen molar-refractivity contribution in [3.8, 4) is 0 Å². The number of carbonyl (C=O) groups is 1. The molecule has 1 saturated heterocycles. The van der Waals surface area contributed by atoms with Gasteiger partial charge in [0.2, 0.25) is 0 Å². The highest BCUT2D eigenvalue weighted by Crippen LogP contribution is 2.20. The van der Waals surface area contributed by atoms with Crippen LogP contribution in [0.25, 0.3) is 0 Å². The summed E-state index contributed by atoms with van der Waals surface area (Å²) < 4.78 is 7.01. The molecule has 1 unspecified atom stereocenters. The molecule has 0 spiro atoms. The molecule has 0 aromatic carbocycles. The molecular weight excluding hydrogens is 230 g/mol. The van der Waals surface area contributed by atoms with Crippen molar-refractivity contribution in [1.82, 2.24) is 14.5 Å². The van der Waals surface area contributed by atoms with Gasteiger partial charge in [-0.05, 0) is 26.3 Å². The molecule has 0 amide bonds. The van der Waals surface area contributed by atoms with Crippen LogP contribution in [0.15, 0.2) is 12.5 Å². The number of hydrogen-bond donors (Lipinski definition) is 0. The van der Waals surface area contributed by atoms with Gasteiger partial charge in [-0.1, -0.05) is 6.42 Å². The maximum Gasteiger partial charge on any atom is 0.323 e. The number of rotatable bonds is 4. The minimum absolute atomic E-state index is 0.0936. The number of carbonyl (C=O) groups excluding carboxylic acids is 1. The molecule has 0 saturated carbocycles. The predicted molar refractivity (Wildman–Crippen MR) is 68.0 cm³/mol. The van der Waals surface area contributed by atoms with E-state index in [1.807, 2.05) is 12.5 Å². The van der Waals surface area contributed by atoms with Gasteiger partial charge in [0, 0.05) is 19.3 Å². The molecule has 18 heavy (non-hydrogen) atoms. The largest absolute Gasteiger partial charge is 0.468 e. The van der Waals surface area contributed by atoms with Gasteiger partial charge < -0.3 is 9.30 Å². The lowest BCUT2D eigenvalue weighted by atomic mass is 10.0. The van der Waals surface area contributed by atoms with Gasteiger partial charge in [-0.25, -0.2) is 4.98 Å². The monoisotopic (exact) mass is 251 g/mol. The molecule has 1 fully saturated rings. The van der Waals surface area contributed by atoms with Gasteiger partial charge in [-0.3, -0.25) is 9.69 Å². The Morgan fingerprint density at radius 2 is 2.39 bits per heavy atom. The van der Waals surface area contributed by atoms with Crippen LogP contribution in [0, 0.1) is 0 Å². The van der Waals surface area contributed by atoms with E-state index in [1.165, 1.54) is 7.11 Å². The Morgan fingerprint density at radius 3 is 3.11 bits per heavy atom. The highest BCUT2D eigenvalue weighted by Gasteiger charge is 2.29. The Bertz CT molecular complexity index is 403. The summed E-state index contributed by atoms with van der Waals surface area (Å²) in [5.41, 5.74) is 1.16. The summed E-state index contributed by atoms with van der Waals surface area (Å²) in [6.45, 7) is 4.73. The zero-order valence-corrected chi connectivity index (χ0v) is 11.1. The van der Waals surface area contributed by atoms with E-state index in [9.17, 15) is 4.79 Å². The third-order valence-corrected chi connectivity index (χ3v) is 3.59. The molecule has 1 aromatic heterocycles. The Balaban J connectivity index is 2.08. The molecule has 2 heterocycles. The summed E-state index contributed by atoms with van der Waals surface area (Å²) in [4.78, 5) is 18.1. The van der Waals surface area contributed by atoms with Crippen LogP contribution in [0.5, 0.6) is 0 Å². The summed E-state index contributed by atoms with van der Waals surface area (Å²) in [6, 6.07) is -0.0936. The standard InChI is InChI=1S/C13H21N3O2/c1-3-15-10-14-8-11(15)9-16-7-5-4-6-12(16)13(17)18-2/h8,10,12H,3-7,9H2,1-2H3. The van der Waals surface area contributed by atoms with Crippen LogP contribution in [-0.4, -0.2) is 40.1 Å². The average Bonchev–Trinajstić information content (AvgIpc) is 2.86. The topological polar surface area (TPSA) is 47.4 Å². The minimum atomic E-state index is -0.114. The Morgan fingerprint density at radius 1 is 1.56 bits per heavy atom. The van der Waals surface area contributed by atoms with E-state index in [-0.39, 0.29) is 12.0 Å². The van der Waals surface area contributed by atoms with Gasteiger partial charge in [0.1, 0.15) is 6.04 Å². The first kappa shape index (κ1) is 13.1. The van der Waals surface area contributed by atoms with Crippen LogP contribution in [-0.2, 0) is 22.6 Å². The fourth-order valence-electron chi connectivity index (χ4n) is 2.56. The molecule has 0 N–H and O–H groups in total. The summed E-state index contributed by atoms with van der Waals surface area (Å²) >= 11 is 0. The van der Waals surface area contributed by atoms with Gasteiger partial charge in [-0.15, -0.1) is 0 Å². The fraction of sp³-hybridized carbons (Fsp3) is 0.692. The van der Waals surface area contributed by atoms with Gasteiger partial charge >= 0.3 is 5.97 Å². The second-order valence-electron chi connectivity index (χ2n) is 4.68. The van der Waals surface area contributed by atoms with Gasteiger partial charge in [0.25, 0.3) is 0 Å². The number of likely N-dealkylation sites (tertiary alicyclic amines) is 1. The number of aryl methyl sites for hydroxylation is 1. The summed E-state index contributed by atoms with van der Waals surface area (Å²) in [6.07, 6.45) is 6.86. The Kier molecular flexibility index (Phi) is 4.36. The number of hydrogen-bond acceptors (Lipinski definition) is 4. The van der Waals surface area contributed by atoms with Crippen LogP contribution in [0.3, 0.4) is 0 Å². The van der Waals surface area contributed by atoms with Crippen molar-refractivity contribution in [2.24, 2.45) is 0 Å². The SMILES string of the molecule is CCn1cncc1CN1CCCCC1C(=O)OC. The van der Waals surface area contributed by atoms with Crippen molar-refractivity contribution in [3.05, 3.63) is 18.2 Å². The average molecular weight is 251 g/mol. The number of aromatic nitrogens is 2. The van der Waals surface area contributed by atoms with E-state index in [4.69, 9.17) is 4.74 Å². The van der Waals surface area contributed by atoms with Crippen molar-refractivity contribution < 1.29 is 9.53 Å². The van der Waals surface area contributed by atoms with Crippen molar-refractivity contribution in [3.63, 3.8) is 0 Å². The maximum absolute atomic E-state index is 11.8. The van der Waals surface area contributed by atoms with Crippen LogP contribution in [0.2, 0.25) is 0 Å². The van der Waals surface area contributed by atoms with Crippen molar-refractivity contribution in [1.29, 1.82) is 0 Å². The van der Waals surface area contributed by atoms with E-state index >= 15 is 0 Å². The number of imidazole rings is 1. The number of ether oxygens (including phenoxy) is 1. The Labute approximate surface area is 108 Å². The number of piperidine rings is 1. The zero-order chi connectivity index (χ0) is 13.0. The molecule has 100 valence electrons. The molecule has 1 aliphatic heterocycles. The van der Waals surface area contributed by atoms with E-state index in [0.717, 1.165) is 44.6 Å². The third-order valence-electron chi connectivity index (χ3n) is 3.59. The summed E-state index contributed by atoms with van der Waals surface area (Å²) in [5, 5.41) is 0. The molecule has 0 bridgehead atoms. The molecule has 5 nitrogen and oxygen atoms in total. The lowest BCUT2D eigenvalue weighted by Crippen LogP contribution is -2.44. The van der Waals surface area contributed by atoms with E-state index < -0.39 is 0 Å². The molecule has 2 rings (SSSR count). The molecule has 0 radical (unpaired) electrons. The van der Waals surface area contributed by atoms with E-state index in [1.54, 1.807) is 0 Å². The minimum Gasteiger partial charge on any atom is -0.468 e. The molecule has 1 aliphatic rings. The lowest BCUT2D eigenvalue weighted by molar-refractivity contribution is -0.148. The summed E-state index contributed by atoms with van der Waals surface area (Å²) in [5.74, 6) is -0.114. The third kappa shape index (κ3) is 2.72. The molecule has 0 aliphatic carbocycles. The number of methoxy groups -OCH3 is 1. The first-order chi connectivity index (χ1) is 8.76. The van der Waals surface area contributed by atoms with Gasteiger partial charge in [-0.2, -0.15) is 0 Å². The van der Waals surface area contributed by atoms with Crippen LogP contribution in [0.1, 0.15) is 31.9 Å². The normalized spacial score (nSPS) is 20.9. The first-order valence-electron chi connectivity index (χ1n) is 6.57. The van der Waals surface area contributed by atoms with Crippen LogP contribution in [0.4, 0.5) is 0 Å². The quantitative estimate of drug-likeness (QED) is 0.760. The molecule has 1 aromatic rings. The second kappa shape index (κ2) is 6.00. The zero-order valence-electron chi connectivity index (χ0n) is 11.1. The van der Waals surface area contributed by atoms with E-state index in [0.29, 0.717) is 0 Å². The first-order valence-corrected chi connectivity index (χ1v) is 6.57. The van der Waals surface area contributed by atoms with E-state index in [2.05, 4.69) is 21.4 Å². The summed E-state index contributed by atoms with van der Waals surface area (Å²) in [7, 11) is 1.46. The Hall–Kier alpha value is -1.36. The number of nitrogens with zero attached hydrogens (tertiary/aromatic N) is 3. The molecule has 1 atom stereocenters. The van der Waals surface area contributed by atoms with Gasteiger partial charge in [0.05, 0.1) is 19.1 Å². The smallest absolute Gasteiger partial charge is 0.323 e. The molecule has 5 heteroatoms. The lowest BCUT2D eigenvalue weighted by Gasteiger charge is -2.33. The second-order valence-corrected chi connectivity index (χ2v) is 4.68. The highest BCUT2D eigenvalue weighted by molar-refractivity contribution is 5.75. The number of esters is 1. The van der Waals surface area contributed by atoms with Crippen molar-refractivity contribution in [2.45, 2.75) is 45.3 Å². The fourth-order valence-corrected chi connectivity index (χ4v) is 2.56. The van der Waals surface area contributed by atoms with Crippen molar-refractivity contribution in [2.75, 3.05) is 13.7 Å². The highest BCUT2D eigenvalue weighted by atomic mass is 16.5. The van der Waals surface area contributed by atoms with Crippen LogP contribution >= 0.6 is 0 Å². The maximum atomic E-state index is 11.8. The predicted octanol–water partition coefficient (Wildman–Crippen LogP) is 1.43. The van der Waals surface area contributed by atoms with Crippen LogP contribution < -0.4 is 0 Å². The van der Waals surface area contributed by atoms with Crippen molar-refractivity contribution >= 4 is 5.97 Å².